The van der Waals surface area contributed by atoms with Crippen LogP contribution in [-0.2, 0) is 0 Å². The molecular formula is C20H23N5O2S. The summed E-state index contributed by atoms with van der Waals surface area (Å²) < 4.78 is 5.36. The van der Waals surface area contributed by atoms with Crippen LogP contribution in [0.2, 0.25) is 0 Å². The normalized spacial score (nSPS) is 15.5. The molecule has 1 amide bonds. The van der Waals surface area contributed by atoms with Crippen molar-refractivity contribution in [1.29, 1.82) is 0 Å². The molecule has 1 aromatic carbocycles. The first-order valence-corrected chi connectivity index (χ1v) is 10.1. The molecule has 7 nitrogen and oxygen atoms in total. The first-order valence-electron chi connectivity index (χ1n) is 9.26. The molecule has 1 saturated heterocycles. The Labute approximate surface area is 167 Å². The zero-order valence-corrected chi connectivity index (χ0v) is 16.5. The van der Waals surface area contributed by atoms with E-state index in [0.717, 1.165) is 42.2 Å². The van der Waals surface area contributed by atoms with Crippen LogP contribution in [0.3, 0.4) is 0 Å². The number of carbonyl (C=O) groups excluding carboxylic acids is 1. The van der Waals surface area contributed by atoms with Crippen molar-refractivity contribution < 1.29 is 9.32 Å². The topological polar surface area (TPSA) is 96.4 Å². The van der Waals surface area contributed by atoms with E-state index in [1.165, 1.54) is 11.3 Å². The maximum Gasteiger partial charge on any atom is 0.258 e. The number of nitrogens with one attached hydrogen (secondary N) is 2. The zero-order valence-electron chi connectivity index (χ0n) is 15.6. The Morgan fingerprint density at radius 1 is 1.18 bits per heavy atom. The van der Waals surface area contributed by atoms with Crippen molar-refractivity contribution in [3.05, 3.63) is 47.3 Å². The average molecular weight is 398 g/mol. The lowest BCUT2D eigenvalue weighted by Crippen LogP contribution is -2.36. The van der Waals surface area contributed by atoms with Crippen LogP contribution in [0.4, 0.5) is 17.3 Å². The van der Waals surface area contributed by atoms with Gasteiger partial charge in [-0.2, -0.15) is 0 Å². The van der Waals surface area contributed by atoms with Crippen LogP contribution in [0.5, 0.6) is 0 Å². The third kappa shape index (κ3) is 4.35. The molecule has 0 atom stereocenters. The summed E-state index contributed by atoms with van der Waals surface area (Å²) in [5.74, 6) is 0.104. The summed E-state index contributed by atoms with van der Waals surface area (Å²) >= 11 is 1.30. The van der Waals surface area contributed by atoms with Gasteiger partial charge >= 0.3 is 0 Å². The summed E-state index contributed by atoms with van der Waals surface area (Å²) in [6, 6.07) is 14.0. The number of piperidine rings is 1. The number of likely N-dealkylation sites (tertiary alicyclic amines) is 1. The first kappa shape index (κ1) is 18.5. The molecule has 4 rings (SSSR count). The summed E-state index contributed by atoms with van der Waals surface area (Å²) in [6.45, 7) is 2.27. The SMILES string of the molecule is CN1CCC(Nc2ccc(Nc3cc(-c4ccc(C(N)=O)s4)no3)cc2)CC1. The van der Waals surface area contributed by atoms with E-state index in [9.17, 15) is 4.79 Å². The summed E-state index contributed by atoms with van der Waals surface area (Å²) in [7, 11) is 2.17. The zero-order chi connectivity index (χ0) is 19.5. The molecule has 3 aromatic rings. The number of hydrogen-bond acceptors (Lipinski definition) is 7. The average Bonchev–Trinajstić information content (AvgIpc) is 3.35. The van der Waals surface area contributed by atoms with Crippen LogP contribution < -0.4 is 16.4 Å². The summed E-state index contributed by atoms with van der Waals surface area (Å²) in [5.41, 5.74) is 8.00. The van der Waals surface area contributed by atoms with Gasteiger partial charge in [0.15, 0.2) is 0 Å². The molecule has 1 fully saturated rings. The van der Waals surface area contributed by atoms with E-state index in [1.54, 1.807) is 12.1 Å². The van der Waals surface area contributed by atoms with Gasteiger partial charge in [0.05, 0.1) is 9.75 Å². The number of anilines is 3. The Balaban J connectivity index is 1.36. The second-order valence-electron chi connectivity index (χ2n) is 7.03. The molecule has 1 aliphatic rings. The standard InChI is InChI=1S/C20H23N5O2S/c1-25-10-8-15(9-11-25)22-13-2-4-14(5-3-13)23-19-12-16(24-27-19)17-6-7-18(28-17)20(21)26/h2-7,12,15,22-23H,8-11H2,1H3,(H2,21,26). The summed E-state index contributed by atoms with van der Waals surface area (Å²) in [4.78, 5) is 14.9. The third-order valence-corrected chi connectivity index (χ3v) is 5.98. The molecule has 8 heteroatoms. The van der Waals surface area contributed by atoms with Gasteiger partial charge in [-0.3, -0.25) is 4.79 Å². The second kappa shape index (κ2) is 8.04. The minimum Gasteiger partial charge on any atom is -0.382 e. The monoisotopic (exact) mass is 397 g/mol. The van der Waals surface area contributed by atoms with E-state index in [-0.39, 0.29) is 0 Å². The van der Waals surface area contributed by atoms with E-state index >= 15 is 0 Å². The molecule has 0 radical (unpaired) electrons. The van der Waals surface area contributed by atoms with Gasteiger partial charge in [0.2, 0.25) is 5.88 Å². The van der Waals surface area contributed by atoms with Gasteiger partial charge in [-0.1, -0.05) is 5.16 Å². The molecule has 0 bridgehead atoms. The highest BCUT2D eigenvalue weighted by Gasteiger charge is 2.16. The second-order valence-corrected chi connectivity index (χ2v) is 8.11. The molecule has 3 heterocycles. The number of carbonyl (C=O) groups is 1. The molecule has 0 unspecified atom stereocenters. The molecular weight excluding hydrogens is 374 g/mol. The van der Waals surface area contributed by atoms with Crippen molar-refractivity contribution in [3.8, 4) is 10.6 Å². The molecule has 0 spiro atoms. The number of nitrogens with two attached hydrogens (primary N) is 1. The number of rotatable bonds is 6. The van der Waals surface area contributed by atoms with Crippen LogP contribution in [0.15, 0.2) is 47.0 Å². The van der Waals surface area contributed by atoms with Gasteiger partial charge in [0.25, 0.3) is 5.91 Å². The first-order chi connectivity index (χ1) is 13.6. The van der Waals surface area contributed by atoms with Gasteiger partial charge in [-0.15, -0.1) is 11.3 Å². The molecule has 0 saturated carbocycles. The molecule has 0 aliphatic carbocycles. The van der Waals surface area contributed by atoms with Crippen molar-refractivity contribution in [2.24, 2.45) is 5.73 Å². The van der Waals surface area contributed by atoms with Gasteiger partial charge in [0.1, 0.15) is 5.69 Å². The van der Waals surface area contributed by atoms with Crippen LogP contribution in [0, 0.1) is 0 Å². The number of hydrogen-bond donors (Lipinski definition) is 3. The van der Waals surface area contributed by atoms with Crippen LogP contribution in [0.1, 0.15) is 22.5 Å². The fraction of sp³-hybridized carbons (Fsp3) is 0.300. The van der Waals surface area contributed by atoms with Gasteiger partial charge < -0.3 is 25.8 Å². The predicted molar refractivity (Wildman–Crippen MR) is 112 cm³/mol. The van der Waals surface area contributed by atoms with Crippen molar-refractivity contribution in [1.82, 2.24) is 10.1 Å². The Morgan fingerprint density at radius 2 is 1.89 bits per heavy atom. The lowest BCUT2D eigenvalue weighted by molar-refractivity contribution is 0.100. The predicted octanol–water partition coefficient (Wildman–Crippen LogP) is 3.75. The Kier molecular flexibility index (Phi) is 5.31. The van der Waals surface area contributed by atoms with Gasteiger partial charge in [0, 0.05) is 23.5 Å². The Bertz CT molecular complexity index is 942. The smallest absolute Gasteiger partial charge is 0.258 e. The minimum absolute atomic E-state index is 0.438. The fourth-order valence-corrected chi connectivity index (χ4v) is 4.05. The van der Waals surface area contributed by atoms with Crippen molar-refractivity contribution in [2.45, 2.75) is 18.9 Å². The number of nitrogens with zero attached hydrogens (tertiary/aromatic N) is 2. The Hall–Kier alpha value is -2.84. The van der Waals surface area contributed by atoms with E-state index in [1.807, 2.05) is 18.2 Å². The highest BCUT2D eigenvalue weighted by Crippen LogP contribution is 2.30. The number of benzene rings is 1. The van der Waals surface area contributed by atoms with Crippen molar-refractivity contribution >= 4 is 34.5 Å². The highest BCUT2D eigenvalue weighted by molar-refractivity contribution is 7.17. The minimum atomic E-state index is -0.438. The van der Waals surface area contributed by atoms with E-state index in [4.69, 9.17) is 10.3 Å². The quantitative estimate of drug-likeness (QED) is 0.586. The van der Waals surface area contributed by atoms with Crippen LogP contribution >= 0.6 is 11.3 Å². The molecule has 28 heavy (non-hydrogen) atoms. The highest BCUT2D eigenvalue weighted by atomic mass is 32.1. The fourth-order valence-electron chi connectivity index (χ4n) is 3.24. The summed E-state index contributed by atoms with van der Waals surface area (Å²) in [6.07, 6.45) is 2.33. The van der Waals surface area contributed by atoms with E-state index < -0.39 is 5.91 Å². The molecule has 2 aromatic heterocycles. The van der Waals surface area contributed by atoms with Crippen LogP contribution in [0.25, 0.3) is 10.6 Å². The van der Waals surface area contributed by atoms with Crippen LogP contribution in [-0.4, -0.2) is 42.1 Å². The third-order valence-electron chi connectivity index (χ3n) is 4.85. The lowest BCUT2D eigenvalue weighted by atomic mass is 10.1. The van der Waals surface area contributed by atoms with Crippen molar-refractivity contribution in [2.75, 3.05) is 30.8 Å². The van der Waals surface area contributed by atoms with E-state index in [2.05, 4.69) is 39.9 Å². The number of primary amides is 1. The van der Waals surface area contributed by atoms with Gasteiger partial charge in [-0.25, -0.2) is 0 Å². The maximum atomic E-state index is 11.2. The molecule has 146 valence electrons. The molecule has 4 N–H and O–H groups in total. The van der Waals surface area contributed by atoms with Crippen molar-refractivity contribution in [3.63, 3.8) is 0 Å². The Morgan fingerprint density at radius 3 is 2.57 bits per heavy atom. The summed E-state index contributed by atoms with van der Waals surface area (Å²) in [5, 5.41) is 10.9. The lowest BCUT2D eigenvalue weighted by Gasteiger charge is -2.30. The van der Waals surface area contributed by atoms with E-state index in [0.29, 0.717) is 22.5 Å². The molecule has 1 aliphatic heterocycles. The number of amides is 1. The van der Waals surface area contributed by atoms with Gasteiger partial charge in [-0.05, 0) is 69.4 Å². The largest absolute Gasteiger partial charge is 0.382 e. The number of thiophene rings is 1. The maximum absolute atomic E-state index is 11.2. The number of aromatic nitrogens is 1.